The molecule has 144 valence electrons. The van der Waals surface area contributed by atoms with E-state index in [4.69, 9.17) is 4.74 Å². The van der Waals surface area contributed by atoms with Crippen molar-refractivity contribution in [2.75, 3.05) is 17.9 Å². The summed E-state index contributed by atoms with van der Waals surface area (Å²) < 4.78 is 33.8. The molecule has 1 aliphatic rings. The molecule has 2 N–H and O–H groups in total. The normalized spacial score (nSPS) is 16.9. The fourth-order valence-corrected chi connectivity index (χ4v) is 4.48. The van der Waals surface area contributed by atoms with Crippen LogP contribution in [0.1, 0.15) is 34.3 Å². The topological polar surface area (TPSA) is 84.5 Å². The number of hydrogen-bond acceptors (Lipinski definition) is 4. The Bertz CT molecular complexity index is 935. The molecule has 2 aromatic carbocycles. The fourth-order valence-electron chi connectivity index (χ4n) is 3.07. The maximum absolute atomic E-state index is 12.9. The number of carbonyl (C=O) groups is 1. The van der Waals surface area contributed by atoms with Crippen LogP contribution in [0.4, 0.5) is 5.69 Å². The van der Waals surface area contributed by atoms with Gasteiger partial charge in [-0.05, 0) is 56.0 Å². The quantitative estimate of drug-likeness (QED) is 0.797. The Morgan fingerprint density at radius 3 is 2.70 bits per heavy atom. The third kappa shape index (κ3) is 4.67. The molecule has 1 amide bonds. The molecule has 1 aliphatic heterocycles. The van der Waals surface area contributed by atoms with Gasteiger partial charge in [0.25, 0.3) is 15.9 Å². The SMILES string of the molecule is Cc1ccc(C)c(S(=O)(=O)Nc2ccccc2C(=O)NCC2CCCO2)c1. The second-order valence-electron chi connectivity index (χ2n) is 6.77. The largest absolute Gasteiger partial charge is 0.376 e. The summed E-state index contributed by atoms with van der Waals surface area (Å²) in [6, 6.07) is 11.8. The van der Waals surface area contributed by atoms with Gasteiger partial charge in [-0.25, -0.2) is 8.42 Å². The zero-order valence-electron chi connectivity index (χ0n) is 15.5. The number of aryl methyl sites for hydroxylation is 2. The molecule has 1 atom stereocenters. The highest BCUT2D eigenvalue weighted by Gasteiger charge is 2.21. The zero-order valence-corrected chi connectivity index (χ0v) is 16.3. The maximum atomic E-state index is 12.9. The van der Waals surface area contributed by atoms with Crippen molar-refractivity contribution in [1.29, 1.82) is 0 Å². The lowest BCUT2D eigenvalue weighted by molar-refractivity contribution is 0.0858. The summed E-state index contributed by atoms with van der Waals surface area (Å²) in [7, 11) is -3.81. The van der Waals surface area contributed by atoms with Crippen molar-refractivity contribution in [3.63, 3.8) is 0 Å². The molecule has 3 rings (SSSR count). The van der Waals surface area contributed by atoms with E-state index < -0.39 is 10.0 Å². The Kier molecular flexibility index (Phi) is 5.82. The van der Waals surface area contributed by atoms with Gasteiger partial charge in [-0.15, -0.1) is 0 Å². The van der Waals surface area contributed by atoms with Crippen LogP contribution in [0.5, 0.6) is 0 Å². The van der Waals surface area contributed by atoms with Crippen LogP contribution in [0.2, 0.25) is 0 Å². The highest BCUT2D eigenvalue weighted by molar-refractivity contribution is 7.92. The monoisotopic (exact) mass is 388 g/mol. The van der Waals surface area contributed by atoms with Gasteiger partial charge < -0.3 is 10.1 Å². The summed E-state index contributed by atoms with van der Waals surface area (Å²) >= 11 is 0. The molecule has 7 heteroatoms. The summed E-state index contributed by atoms with van der Waals surface area (Å²) in [4.78, 5) is 12.8. The smallest absolute Gasteiger partial charge is 0.262 e. The Balaban J connectivity index is 1.80. The van der Waals surface area contributed by atoms with Crippen molar-refractivity contribution in [3.05, 3.63) is 59.2 Å². The molecular formula is C20H24N2O4S. The number of anilines is 1. The van der Waals surface area contributed by atoms with Crippen LogP contribution in [-0.4, -0.2) is 33.6 Å². The van der Waals surface area contributed by atoms with Crippen molar-refractivity contribution in [2.45, 2.75) is 37.7 Å². The van der Waals surface area contributed by atoms with Crippen LogP contribution in [0.25, 0.3) is 0 Å². The molecule has 0 bridgehead atoms. The number of benzene rings is 2. The fraction of sp³-hybridized carbons (Fsp3) is 0.350. The van der Waals surface area contributed by atoms with Crippen molar-refractivity contribution in [1.82, 2.24) is 5.32 Å². The molecule has 0 radical (unpaired) electrons. The maximum Gasteiger partial charge on any atom is 0.262 e. The summed E-state index contributed by atoms with van der Waals surface area (Å²) in [5, 5.41) is 2.83. The van der Waals surface area contributed by atoms with Gasteiger partial charge in [0.1, 0.15) is 0 Å². The minimum absolute atomic E-state index is 0.0211. The highest BCUT2D eigenvalue weighted by Crippen LogP contribution is 2.23. The van der Waals surface area contributed by atoms with E-state index in [0.29, 0.717) is 18.7 Å². The van der Waals surface area contributed by atoms with Gasteiger partial charge >= 0.3 is 0 Å². The van der Waals surface area contributed by atoms with Gasteiger partial charge in [-0.1, -0.05) is 24.3 Å². The number of sulfonamides is 1. The average molecular weight is 388 g/mol. The summed E-state index contributed by atoms with van der Waals surface area (Å²) in [5.74, 6) is -0.329. The molecule has 6 nitrogen and oxygen atoms in total. The molecule has 1 heterocycles. The van der Waals surface area contributed by atoms with E-state index in [9.17, 15) is 13.2 Å². The number of amides is 1. The number of nitrogens with one attached hydrogen (secondary N) is 2. The van der Waals surface area contributed by atoms with Gasteiger partial charge in [0.05, 0.1) is 22.3 Å². The number of para-hydroxylation sites is 1. The van der Waals surface area contributed by atoms with Crippen molar-refractivity contribution in [2.24, 2.45) is 0 Å². The van der Waals surface area contributed by atoms with Crippen LogP contribution < -0.4 is 10.0 Å². The van der Waals surface area contributed by atoms with E-state index in [1.165, 1.54) is 0 Å². The predicted octanol–water partition coefficient (Wildman–Crippen LogP) is 3.01. The van der Waals surface area contributed by atoms with Gasteiger partial charge in [-0.3, -0.25) is 9.52 Å². The molecule has 1 fully saturated rings. The second kappa shape index (κ2) is 8.10. The Hall–Kier alpha value is -2.38. The Morgan fingerprint density at radius 1 is 1.19 bits per heavy atom. The minimum Gasteiger partial charge on any atom is -0.376 e. The lowest BCUT2D eigenvalue weighted by Gasteiger charge is -2.15. The summed E-state index contributed by atoms with van der Waals surface area (Å²) in [6.07, 6.45) is 1.93. The molecule has 27 heavy (non-hydrogen) atoms. The molecule has 2 aromatic rings. The van der Waals surface area contributed by atoms with Crippen LogP contribution in [0, 0.1) is 13.8 Å². The van der Waals surface area contributed by atoms with E-state index in [-0.39, 0.29) is 28.2 Å². The van der Waals surface area contributed by atoms with Crippen molar-refractivity contribution >= 4 is 21.6 Å². The molecular weight excluding hydrogens is 364 g/mol. The number of rotatable bonds is 6. The lowest BCUT2D eigenvalue weighted by Crippen LogP contribution is -2.32. The van der Waals surface area contributed by atoms with Gasteiger partial charge in [0, 0.05) is 13.2 Å². The van der Waals surface area contributed by atoms with E-state index in [2.05, 4.69) is 10.0 Å². The molecule has 0 spiro atoms. The first-order valence-electron chi connectivity index (χ1n) is 8.96. The third-order valence-electron chi connectivity index (χ3n) is 4.56. The van der Waals surface area contributed by atoms with Gasteiger partial charge in [0.2, 0.25) is 0 Å². The van der Waals surface area contributed by atoms with E-state index in [1.807, 2.05) is 13.0 Å². The van der Waals surface area contributed by atoms with E-state index in [0.717, 1.165) is 18.4 Å². The van der Waals surface area contributed by atoms with Crippen LogP contribution in [0.3, 0.4) is 0 Å². The zero-order chi connectivity index (χ0) is 19.4. The standard InChI is InChI=1S/C20H24N2O4S/c1-14-9-10-15(2)19(12-14)27(24,25)22-18-8-4-3-7-17(18)20(23)21-13-16-6-5-11-26-16/h3-4,7-10,12,16,22H,5-6,11,13H2,1-2H3,(H,21,23). The third-order valence-corrected chi connectivity index (χ3v) is 6.07. The van der Waals surface area contributed by atoms with E-state index >= 15 is 0 Å². The minimum atomic E-state index is -3.81. The number of carbonyl (C=O) groups excluding carboxylic acids is 1. The van der Waals surface area contributed by atoms with Gasteiger partial charge in [-0.2, -0.15) is 0 Å². The Labute approximate surface area is 160 Å². The average Bonchev–Trinajstić information content (AvgIpc) is 3.15. The van der Waals surface area contributed by atoms with E-state index in [1.54, 1.807) is 43.3 Å². The predicted molar refractivity (Wildman–Crippen MR) is 104 cm³/mol. The number of hydrogen-bond donors (Lipinski definition) is 2. The number of ether oxygens (including phenoxy) is 1. The first-order chi connectivity index (χ1) is 12.9. The van der Waals surface area contributed by atoms with Crippen LogP contribution >= 0.6 is 0 Å². The molecule has 0 aromatic heterocycles. The first kappa shape index (κ1) is 19.4. The first-order valence-corrected chi connectivity index (χ1v) is 10.4. The molecule has 1 saturated heterocycles. The highest BCUT2D eigenvalue weighted by atomic mass is 32.2. The molecule has 1 unspecified atom stereocenters. The van der Waals surface area contributed by atoms with Crippen molar-refractivity contribution in [3.8, 4) is 0 Å². The van der Waals surface area contributed by atoms with Crippen molar-refractivity contribution < 1.29 is 17.9 Å². The van der Waals surface area contributed by atoms with Crippen LogP contribution in [-0.2, 0) is 14.8 Å². The Morgan fingerprint density at radius 2 is 1.96 bits per heavy atom. The second-order valence-corrected chi connectivity index (χ2v) is 8.42. The van der Waals surface area contributed by atoms with Gasteiger partial charge in [0.15, 0.2) is 0 Å². The summed E-state index contributed by atoms with van der Waals surface area (Å²) in [5.41, 5.74) is 2.03. The molecule has 0 aliphatic carbocycles. The molecule has 0 saturated carbocycles. The van der Waals surface area contributed by atoms with Crippen LogP contribution in [0.15, 0.2) is 47.4 Å². The lowest BCUT2D eigenvalue weighted by atomic mass is 10.1. The summed E-state index contributed by atoms with van der Waals surface area (Å²) in [6.45, 7) is 4.71.